The van der Waals surface area contributed by atoms with Gasteiger partial charge in [0.25, 0.3) is 0 Å². The second-order valence-electron chi connectivity index (χ2n) is 7.72. The SMILES string of the molecule is O=C(Nc1ccc(-c2ccccc2)nn1)Nc1ccccc1Nc1ccc(-c2ccccc2)nc1. The Morgan fingerprint density at radius 2 is 1.20 bits per heavy atom. The van der Waals surface area contributed by atoms with E-state index in [0.29, 0.717) is 11.5 Å². The van der Waals surface area contributed by atoms with Gasteiger partial charge in [0.05, 0.1) is 34.6 Å². The Kier molecular flexibility index (Phi) is 6.39. The highest BCUT2D eigenvalue weighted by Crippen LogP contribution is 2.26. The molecule has 7 nitrogen and oxygen atoms in total. The molecule has 170 valence electrons. The lowest BCUT2D eigenvalue weighted by Crippen LogP contribution is -2.21. The molecule has 0 atom stereocenters. The highest BCUT2D eigenvalue weighted by atomic mass is 16.2. The summed E-state index contributed by atoms with van der Waals surface area (Å²) in [6.45, 7) is 0. The zero-order valence-electron chi connectivity index (χ0n) is 18.7. The molecule has 0 aliphatic carbocycles. The molecule has 0 aliphatic rings. The summed E-state index contributed by atoms with van der Waals surface area (Å²) in [6.07, 6.45) is 1.77. The van der Waals surface area contributed by atoms with E-state index >= 15 is 0 Å². The van der Waals surface area contributed by atoms with Crippen molar-refractivity contribution in [1.29, 1.82) is 0 Å². The normalized spacial score (nSPS) is 10.4. The van der Waals surface area contributed by atoms with Gasteiger partial charge in [-0.2, -0.15) is 0 Å². The summed E-state index contributed by atoms with van der Waals surface area (Å²) < 4.78 is 0. The number of carbonyl (C=O) groups excluding carboxylic acids is 1. The zero-order chi connectivity index (χ0) is 23.9. The smallest absolute Gasteiger partial charge is 0.324 e. The second kappa shape index (κ2) is 10.3. The molecule has 5 aromatic rings. The fourth-order valence-electron chi connectivity index (χ4n) is 3.54. The molecule has 5 rings (SSSR count). The average molecular weight is 459 g/mol. The van der Waals surface area contributed by atoms with Gasteiger partial charge in [-0.05, 0) is 36.4 Å². The molecule has 0 saturated heterocycles. The van der Waals surface area contributed by atoms with Gasteiger partial charge in [0.15, 0.2) is 5.82 Å². The van der Waals surface area contributed by atoms with Crippen LogP contribution in [0.2, 0.25) is 0 Å². The lowest BCUT2D eigenvalue weighted by Gasteiger charge is -2.13. The number of anilines is 4. The van der Waals surface area contributed by atoms with Crippen molar-refractivity contribution in [2.75, 3.05) is 16.0 Å². The number of benzene rings is 3. The number of nitrogens with zero attached hydrogens (tertiary/aromatic N) is 3. The van der Waals surface area contributed by atoms with Crippen molar-refractivity contribution < 1.29 is 4.79 Å². The molecule has 3 aromatic carbocycles. The van der Waals surface area contributed by atoms with Crippen LogP contribution in [0.15, 0.2) is 115 Å². The van der Waals surface area contributed by atoms with Crippen LogP contribution in [0.3, 0.4) is 0 Å². The topological polar surface area (TPSA) is 91.8 Å². The monoisotopic (exact) mass is 458 g/mol. The van der Waals surface area contributed by atoms with Gasteiger partial charge < -0.3 is 10.6 Å². The number of amides is 2. The van der Waals surface area contributed by atoms with Crippen LogP contribution in [-0.2, 0) is 0 Å². The number of urea groups is 1. The van der Waals surface area contributed by atoms with Crippen LogP contribution >= 0.6 is 0 Å². The van der Waals surface area contributed by atoms with Gasteiger partial charge in [-0.3, -0.25) is 10.3 Å². The van der Waals surface area contributed by atoms with Gasteiger partial charge in [0.1, 0.15) is 0 Å². The van der Waals surface area contributed by atoms with Gasteiger partial charge in [-0.15, -0.1) is 10.2 Å². The highest BCUT2D eigenvalue weighted by molar-refractivity contribution is 6.01. The maximum absolute atomic E-state index is 12.6. The van der Waals surface area contributed by atoms with E-state index in [2.05, 4.69) is 31.1 Å². The van der Waals surface area contributed by atoms with Crippen LogP contribution in [0.5, 0.6) is 0 Å². The summed E-state index contributed by atoms with van der Waals surface area (Å²) in [5.41, 5.74) is 5.80. The van der Waals surface area contributed by atoms with Crippen molar-refractivity contribution in [3.8, 4) is 22.5 Å². The minimum Gasteiger partial charge on any atom is -0.353 e. The Bertz CT molecular complexity index is 1410. The number of hydrogen-bond acceptors (Lipinski definition) is 5. The maximum Gasteiger partial charge on any atom is 0.324 e. The standard InChI is InChI=1S/C28H22N6O/c35-28(32-27-18-17-24(33-34-27)21-11-5-2-6-12-21)31-26-14-8-7-13-25(26)30-22-15-16-23(29-19-22)20-9-3-1-4-10-20/h1-19,30H,(H2,31,32,34,35). The summed E-state index contributed by atoms with van der Waals surface area (Å²) in [7, 11) is 0. The van der Waals surface area contributed by atoms with Crippen LogP contribution in [-0.4, -0.2) is 21.2 Å². The Labute approximate surface area is 202 Å². The first-order chi connectivity index (χ1) is 17.2. The molecule has 7 heteroatoms. The first kappa shape index (κ1) is 21.8. The van der Waals surface area contributed by atoms with Crippen molar-refractivity contribution in [2.24, 2.45) is 0 Å². The fraction of sp³-hybridized carbons (Fsp3) is 0. The van der Waals surface area contributed by atoms with Gasteiger partial charge in [0.2, 0.25) is 0 Å². The predicted molar refractivity (Wildman–Crippen MR) is 140 cm³/mol. The number of para-hydroxylation sites is 2. The molecule has 2 aromatic heterocycles. The summed E-state index contributed by atoms with van der Waals surface area (Å²) in [5.74, 6) is 0.355. The van der Waals surface area contributed by atoms with Crippen LogP contribution < -0.4 is 16.0 Å². The first-order valence-corrected chi connectivity index (χ1v) is 11.1. The number of pyridine rings is 1. The maximum atomic E-state index is 12.6. The average Bonchev–Trinajstić information content (AvgIpc) is 2.92. The molecule has 0 unspecified atom stereocenters. The van der Waals surface area contributed by atoms with E-state index in [0.717, 1.165) is 33.9 Å². The van der Waals surface area contributed by atoms with E-state index in [1.165, 1.54) is 0 Å². The molecule has 0 bridgehead atoms. The molecular weight excluding hydrogens is 436 g/mol. The lowest BCUT2D eigenvalue weighted by atomic mass is 10.1. The number of carbonyl (C=O) groups is 1. The zero-order valence-corrected chi connectivity index (χ0v) is 18.7. The molecule has 3 N–H and O–H groups in total. The molecule has 0 saturated carbocycles. The highest BCUT2D eigenvalue weighted by Gasteiger charge is 2.09. The Morgan fingerprint density at radius 1 is 0.571 bits per heavy atom. The number of aromatic nitrogens is 3. The Morgan fingerprint density at radius 3 is 1.83 bits per heavy atom. The van der Waals surface area contributed by atoms with E-state index in [4.69, 9.17) is 0 Å². The van der Waals surface area contributed by atoms with E-state index in [9.17, 15) is 4.79 Å². The predicted octanol–water partition coefficient (Wildman–Crippen LogP) is 6.59. The molecule has 0 aliphatic heterocycles. The molecule has 0 spiro atoms. The third kappa shape index (κ3) is 5.48. The molecule has 2 heterocycles. The molecular formula is C28H22N6O. The van der Waals surface area contributed by atoms with Gasteiger partial charge in [-0.1, -0.05) is 72.8 Å². The van der Waals surface area contributed by atoms with Crippen molar-refractivity contribution >= 4 is 28.9 Å². The minimum atomic E-state index is -0.418. The summed E-state index contributed by atoms with van der Waals surface area (Å²) in [4.78, 5) is 17.2. The van der Waals surface area contributed by atoms with Crippen molar-refractivity contribution in [3.63, 3.8) is 0 Å². The van der Waals surface area contributed by atoms with Crippen LogP contribution in [0, 0.1) is 0 Å². The molecule has 35 heavy (non-hydrogen) atoms. The Hall–Kier alpha value is -5.04. The first-order valence-electron chi connectivity index (χ1n) is 11.1. The molecule has 0 radical (unpaired) electrons. The van der Waals surface area contributed by atoms with Gasteiger partial charge in [0, 0.05) is 11.1 Å². The van der Waals surface area contributed by atoms with Gasteiger partial charge >= 0.3 is 6.03 Å². The van der Waals surface area contributed by atoms with E-state index < -0.39 is 6.03 Å². The summed E-state index contributed by atoms with van der Waals surface area (Å²) >= 11 is 0. The molecule has 0 fully saturated rings. The fourth-order valence-corrected chi connectivity index (χ4v) is 3.54. The second-order valence-corrected chi connectivity index (χ2v) is 7.72. The third-order valence-electron chi connectivity index (χ3n) is 5.26. The lowest BCUT2D eigenvalue weighted by molar-refractivity contribution is 0.262. The third-order valence-corrected chi connectivity index (χ3v) is 5.26. The molecule has 2 amide bonds. The summed E-state index contributed by atoms with van der Waals surface area (Å²) in [6, 6.07) is 34.2. The number of hydrogen-bond donors (Lipinski definition) is 3. The number of rotatable bonds is 6. The Balaban J connectivity index is 1.24. The van der Waals surface area contributed by atoms with Crippen LogP contribution in [0.1, 0.15) is 0 Å². The minimum absolute atomic E-state index is 0.355. The van der Waals surface area contributed by atoms with Crippen molar-refractivity contribution in [1.82, 2.24) is 15.2 Å². The van der Waals surface area contributed by atoms with Crippen LogP contribution in [0.25, 0.3) is 22.5 Å². The van der Waals surface area contributed by atoms with E-state index in [1.807, 2.05) is 103 Å². The van der Waals surface area contributed by atoms with Crippen molar-refractivity contribution in [3.05, 3.63) is 115 Å². The van der Waals surface area contributed by atoms with Gasteiger partial charge in [-0.25, -0.2) is 4.79 Å². The summed E-state index contributed by atoms with van der Waals surface area (Å²) in [5, 5.41) is 17.2. The quantitative estimate of drug-likeness (QED) is 0.267. The van der Waals surface area contributed by atoms with Crippen molar-refractivity contribution in [2.45, 2.75) is 0 Å². The largest absolute Gasteiger partial charge is 0.353 e. The van der Waals surface area contributed by atoms with E-state index in [1.54, 1.807) is 12.3 Å². The van der Waals surface area contributed by atoms with Crippen LogP contribution in [0.4, 0.5) is 27.7 Å². The van der Waals surface area contributed by atoms with E-state index in [-0.39, 0.29) is 0 Å². The number of nitrogens with one attached hydrogen (secondary N) is 3.